The minimum atomic E-state index is -3.65. The fraction of sp³-hybridized carbons (Fsp3) is 0.318. The van der Waals surface area contributed by atoms with Crippen LogP contribution in [0.2, 0.25) is 0 Å². The fourth-order valence-corrected chi connectivity index (χ4v) is 5.33. The molecule has 2 heterocycles. The lowest BCUT2D eigenvalue weighted by Crippen LogP contribution is -2.48. The van der Waals surface area contributed by atoms with Gasteiger partial charge in [-0.15, -0.1) is 4.40 Å². The first-order valence-electron chi connectivity index (χ1n) is 9.58. The van der Waals surface area contributed by atoms with Crippen LogP contribution in [0.1, 0.15) is 23.6 Å². The van der Waals surface area contributed by atoms with Gasteiger partial charge in [0.15, 0.2) is 0 Å². The van der Waals surface area contributed by atoms with Crippen LogP contribution in [0.5, 0.6) is 0 Å². The number of rotatable bonds is 3. The lowest BCUT2D eigenvalue weighted by Gasteiger charge is -2.36. The summed E-state index contributed by atoms with van der Waals surface area (Å²) in [5, 5.41) is 0. The van der Waals surface area contributed by atoms with Crippen molar-refractivity contribution in [1.82, 2.24) is 9.80 Å². The Balaban J connectivity index is 1.50. The highest BCUT2D eigenvalue weighted by Gasteiger charge is 2.34. The van der Waals surface area contributed by atoms with Crippen LogP contribution < -0.4 is 0 Å². The van der Waals surface area contributed by atoms with E-state index in [1.807, 2.05) is 44.2 Å². The van der Waals surface area contributed by atoms with E-state index in [1.54, 1.807) is 0 Å². The molecule has 2 aromatic rings. The van der Waals surface area contributed by atoms with Gasteiger partial charge in [-0.25, -0.2) is 0 Å². The van der Waals surface area contributed by atoms with Gasteiger partial charge in [0.2, 0.25) is 0 Å². The molecule has 5 nitrogen and oxygen atoms in total. The molecule has 2 aliphatic rings. The van der Waals surface area contributed by atoms with Crippen molar-refractivity contribution < 1.29 is 8.42 Å². The second-order valence-corrected chi connectivity index (χ2v) is 9.00. The van der Waals surface area contributed by atoms with E-state index in [0.29, 0.717) is 16.3 Å². The molecule has 0 bridgehead atoms. The summed E-state index contributed by atoms with van der Waals surface area (Å²) in [7, 11) is -3.65. The third kappa shape index (κ3) is 3.75. The molecule has 0 spiro atoms. The maximum Gasteiger partial charge on any atom is 0.285 e. The zero-order valence-corrected chi connectivity index (χ0v) is 17.1. The molecule has 0 unspecified atom stereocenters. The van der Waals surface area contributed by atoms with Crippen LogP contribution >= 0.6 is 0 Å². The van der Waals surface area contributed by atoms with Crippen LogP contribution in [0, 0.1) is 6.92 Å². The molecule has 0 amide bonds. The van der Waals surface area contributed by atoms with Crippen molar-refractivity contribution in [2.75, 3.05) is 26.2 Å². The Hall–Kier alpha value is -2.44. The van der Waals surface area contributed by atoms with Crippen LogP contribution in [-0.4, -0.2) is 50.2 Å². The van der Waals surface area contributed by atoms with Crippen LogP contribution in [0.15, 0.2) is 64.6 Å². The summed E-state index contributed by atoms with van der Waals surface area (Å²) in [5.41, 5.74) is 3.87. The SMILES string of the molecule is CC1=C(c2ccc(C)cc2)S(=O)(=O)N=C1N1CCN(Cc2ccccc2)CC1. The number of nitrogens with zero attached hydrogens (tertiary/aromatic N) is 3. The predicted molar refractivity (Wildman–Crippen MR) is 113 cm³/mol. The lowest BCUT2D eigenvalue weighted by atomic mass is 10.1. The molecule has 6 heteroatoms. The Labute approximate surface area is 167 Å². The van der Waals surface area contributed by atoms with Crippen molar-refractivity contribution in [2.24, 2.45) is 4.40 Å². The Morgan fingerprint density at radius 1 is 0.893 bits per heavy atom. The molecular formula is C22H25N3O2S. The van der Waals surface area contributed by atoms with Gasteiger partial charge in [0.05, 0.1) is 0 Å². The molecule has 1 saturated heterocycles. The topological polar surface area (TPSA) is 53.0 Å². The number of amidine groups is 1. The summed E-state index contributed by atoms with van der Waals surface area (Å²) in [6.45, 7) is 8.12. The Bertz CT molecular complexity index is 1020. The van der Waals surface area contributed by atoms with Gasteiger partial charge in [-0.2, -0.15) is 8.42 Å². The Kier molecular flexibility index (Phi) is 5.08. The highest BCUT2D eigenvalue weighted by Crippen LogP contribution is 2.34. The van der Waals surface area contributed by atoms with Crippen LogP contribution in [0.3, 0.4) is 0 Å². The number of sulfonamides is 1. The monoisotopic (exact) mass is 395 g/mol. The van der Waals surface area contributed by atoms with E-state index in [-0.39, 0.29) is 0 Å². The quantitative estimate of drug-likeness (QED) is 0.800. The van der Waals surface area contributed by atoms with Crippen LogP contribution in [0.25, 0.3) is 4.91 Å². The van der Waals surface area contributed by atoms with Gasteiger partial charge in [0.1, 0.15) is 10.7 Å². The summed E-state index contributed by atoms with van der Waals surface area (Å²) in [5.74, 6) is 0.606. The predicted octanol–water partition coefficient (Wildman–Crippen LogP) is 3.29. The largest absolute Gasteiger partial charge is 0.353 e. The molecule has 0 N–H and O–H groups in total. The van der Waals surface area contributed by atoms with E-state index < -0.39 is 10.0 Å². The minimum absolute atomic E-state index is 0.342. The molecule has 0 atom stereocenters. The van der Waals surface area contributed by atoms with Crippen molar-refractivity contribution in [2.45, 2.75) is 20.4 Å². The summed E-state index contributed by atoms with van der Waals surface area (Å²) in [6, 6.07) is 18.0. The fourth-order valence-electron chi connectivity index (χ4n) is 3.85. The first-order valence-corrected chi connectivity index (χ1v) is 11.0. The van der Waals surface area contributed by atoms with Gasteiger partial charge in [0.25, 0.3) is 10.0 Å². The first kappa shape index (κ1) is 18.9. The second kappa shape index (κ2) is 7.53. The van der Waals surface area contributed by atoms with Gasteiger partial charge in [-0.3, -0.25) is 4.90 Å². The normalized spacial score (nSPS) is 19.8. The molecule has 2 aliphatic heterocycles. The zero-order chi connectivity index (χ0) is 19.7. The standard InChI is InChI=1S/C22H25N3O2S/c1-17-8-10-20(11-9-17)21-18(2)22(23-28(21,26)27)25-14-12-24(13-15-25)16-19-6-4-3-5-7-19/h3-11H,12-16H2,1-2H3. The Morgan fingerprint density at radius 3 is 2.18 bits per heavy atom. The molecule has 1 fully saturated rings. The minimum Gasteiger partial charge on any atom is -0.353 e. The van der Waals surface area contributed by atoms with Crippen LogP contribution in [-0.2, 0) is 16.6 Å². The third-order valence-corrected chi connectivity index (χ3v) is 6.85. The lowest BCUT2D eigenvalue weighted by molar-refractivity contribution is 0.176. The van der Waals surface area contributed by atoms with E-state index in [4.69, 9.17) is 0 Å². The zero-order valence-electron chi connectivity index (χ0n) is 16.3. The molecule has 2 aromatic carbocycles. The van der Waals surface area contributed by atoms with Gasteiger partial charge in [0, 0.05) is 38.3 Å². The molecule has 0 aromatic heterocycles. The molecule has 0 radical (unpaired) electrons. The molecule has 146 valence electrons. The second-order valence-electron chi connectivity index (χ2n) is 7.46. The van der Waals surface area contributed by atoms with E-state index >= 15 is 0 Å². The molecular weight excluding hydrogens is 370 g/mol. The van der Waals surface area contributed by atoms with Crippen molar-refractivity contribution in [3.8, 4) is 0 Å². The summed E-state index contributed by atoms with van der Waals surface area (Å²) in [6.07, 6.45) is 0. The van der Waals surface area contributed by atoms with E-state index in [2.05, 4.69) is 38.5 Å². The van der Waals surface area contributed by atoms with Crippen molar-refractivity contribution in [3.05, 3.63) is 76.9 Å². The number of hydrogen-bond acceptors (Lipinski definition) is 4. The van der Waals surface area contributed by atoms with Crippen LogP contribution in [0.4, 0.5) is 0 Å². The molecule has 0 aliphatic carbocycles. The number of aryl methyl sites for hydroxylation is 1. The molecule has 4 rings (SSSR count). The van der Waals surface area contributed by atoms with Crippen molar-refractivity contribution in [1.29, 1.82) is 0 Å². The maximum atomic E-state index is 12.7. The Morgan fingerprint density at radius 2 is 1.54 bits per heavy atom. The average Bonchev–Trinajstić information content (AvgIpc) is 2.93. The molecule has 28 heavy (non-hydrogen) atoms. The maximum absolute atomic E-state index is 12.7. The summed E-state index contributed by atoms with van der Waals surface area (Å²) >= 11 is 0. The van der Waals surface area contributed by atoms with Gasteiger partial charge in [-0.1, -0.05) is 60.2 Å². The molecule has 0 saturated carbocycles. The van der Waals surface area contributed by atoms with Crippen molar-refractivity contribution >= 4 is 20.8 Å². The van der Waals surface area contributed by atoms with E-state index in [1.165, 1.54) is 5.56 Å². The average molecular weight is 396 g/mol. The van der Waals surface area contributed by atoms with Crippen molar-refractivity contribution in [3.63, 3.8) is 0 Å². The number of piperazine rings is 1. The summed E-state index contributed by atoms with van der Waals surface area (Å²) in [4.78, 5) is 4.85. The third-order valence-electron chi connectivity index (χ3n) is 5.38. The van der Waals surface area contributed by atoms with Gasteiger partial charge >= 0.3 is 0 Å². The van der Waals surface area contributed by atoms with Gasteiger partial charge in [-0.05, 0) is 25.0 Å². The summed E-state index contributed by atoms with van der Waals surface area (Å²) < 4.78 is 29.6. The first-order chi connectivity index (χ1) is 13.4. The van der Waals surface area contributed by atoms with E-state index in [9.17, 15) is 8.42 Å². The number of hydrogen-bond donors (Lipinski definition) is 0. The highest BCUT2D eigenvalue weighted by molar-refractivity contribution is 8.00. The number of benzene rings is 2. The van der Waals surface area contributed by atoms with Gasteiger partial charge < -0.3 is 4.90 Å². The van der Waals surface area contributed by atoms with E-state index in [0.717, 1.165) is 43.9 Å². The smallest absolute Gasteiger partial charge is 0.285 e. The highest BCUT2D eigenvalue weighted by atomic mass is 32.2.